The Hall–Kier alpha value is -2.82. The van der Waals surface area contributed by atoms with Gasteiger partial charge in [0.2, 0.25) is 5.95 Å². The van der Waals surface area contributed by atoms with E-state index in [1.54, 1.807) is 10.9 Å². The SMILES string of the molecule is Nc1nc(-c2ccccc2)cn1NCc1ccccn1. The van der Waals surface area contributed by atoms with E-state index in [0.717, 1.165) is 17.0 Å². The van der Waals surface area contributed by atoms with Gasteiger partial charge in [0.05, 0.1) is 24.1 Å². The van der Waals surface area contributed by atoms with Crippen LogP contribution in [0.5, 0.6) is 0 Å². The fourth-order valence-corrected chi connectivity index (χ4v) is 1.94. The number of hydrogen-bond acceptors (Lipinski definition) is 4. The molecular formula is C15H15N5. The lowest BCUT2D eigenvalue weighted by Gasteiger charge is -2.07. The first-order valence-corrected chi connectivity index (χ1v) is 6.37. The minimum Gasteiger partial charge on any atom is -0.368 e. The maximum atomic E-state index is 5.91. The van der Waals surface area contributed by atoms with Gasteiger partial charge >= 0.3 is 0 Å². The third-order valence-electron chi connectivity index (χ3n) is 2.96. The highest BCUT2D eigenvalue weighted by Crippen LogP contribution is 2.18. The zero-order chi connectivity index (χ0) is 13.8. The van der Waals surface area contributed by atoms with Gasteiger partial charge in [0.15, 0.2) is 0 Å². The molecule has 5 nitrogen and oxygen atoms in total. The summed E-state index contributed by atoms with van der Waals surface area (Å²) < 4.78 is 1.72. The normalized spacial score (nSPS) is 10.4. The summed E-state index contributed by atoms with van der Waals surface area (Å²) in [5, 5.41) is 0. The molecule has 20 heavy (non-hydrogen) atoms. The number of rotatable bonds is 4. The number of hydrogen-bond donors (Lipinski definition) is 2. The monoisotopic (exact) mass is 265 g/mol. The van der Waals surface area contributed by atoms with Gasteiger partial charge in [-0.1, -0.05) is 36.4 Å². The number of nitrogens with one attached hydrogen (secondary N) is 1. The molecule has 0 radical (unpaired) electrons. The molecule has 5 heteroatoms. The van der Waals surface area contributed by atoms with Crippen LogP contribution in [0.15, 0.2) is 60.9 Å². The summed E-state index contributed by atoms with van der Waals surface area (Å²) in [4.78, 5) is 8.60. The lowest BCUT2D eigenvalue weighted by atomic mass is 10.2. The fraction of sp³-hybridized carbons (Fsp3) is 0.0667. The summed E-state index contributed by atoms with van der Waals surface area (Å²) in [5.41, 5.74) is 11.9. The Morgan fingerprint density at radius 1 is 1.05 bits per heavy atom. The molecule has 1 aromatic carbocycles. The topological polar surface area (TPSA) is 68.8 Å². The van der Waals surface area contributed by atoms with Crippen LogP contribution in [0.3, 0.4) is 0 Å². The first-order valence-electron chi connectivity index (χ1n) is 6.37. The largest absolute Gasteiger partial charge is 0.368 e. The number of benzene rings is 1. The fourth-order valence-electron chi connectivity index (χ4n) is 1.94. The average molecular weight is 265 g/mol. The second kappa shape index (κ2) is 5.44. The third kappa shape index (κ3) is 2.61. The molecule has 0 spiro atoms. The minimum absolute atomic E-state index is 0.430. The van der Waals surface area contributed by atoms with Gasteiger partial charge in [-0.05, 0) is 12.1 Å². The Morgan fingerprint density at radius 3 is 2.60 bits per heavy atom. The molecule has 3 N–H and O–H groups in total. The zero-order valence-corrected chi connectivity index (χ0v) is 10.9. The van der Waals surface area contributed by atoms with E-state index in [2.05, 4.69) is 15.4 Å². The first kappa shape index (κ1) is 12.2. The van der Waals surface area contributed by atoms with Crippen molar-refractivity contribution in [3.63, 3.8) is 0 Å². The molecule has 2 heterocycles. The molecule has 0 aliphatic rings. The zero-order valence-electron chi connectivity index (χ0n) is 10.9. The molecule has 100 valence electrons. The molecule has 0 aliphatic heterocycles. The van der Waals surface area contributed by atoms with Crippen molar-refractivity contribution in [3.05, 3.63) is 66.6 Å². The smallest absolute Gasteiger partial charge is 0.219 e. The standard InChI is InChI=1S/C15H15N5/c16-15-19-14(12-6-2-1-3-7-12)11-20(15)18-10-13-8-4-5-9-17-13/h1-9,11,18H,10H2,(H2,16,19). The van der Waals surface area contributed by atoms with Crippen molar-refractivity contribution in [1.82, 2.24) is 14.6 Å². The summed E-state index contributed by atoms with van der Waals surface area (Å²) in [7, 11) is 0. The molecule has 0 saturated heterocycles. The van der Waals surface area contributed by atoms with Crippen LogP contribution in [0, 0.1) is 0 Å². The highest BCUT2D eigenvalue weighted by Gasteiger charge is 2.06. The summed E-state index contributed by atoms with van der Waals surface area (Å²) >= 11 is 0. The molecule has 0 amide bonds. The average Bonchev–Trinajstić information content (AvgIpc) is 2.88. The lowest BCUT2D eigenvalue weighted by Crippen LogP contribution is -2.16. The molecule has 0 aliphatic carbocycles. The second-order valence-electron chi connectivity index (χ2n) is 4.38. The van der Waals surface area contributed by atoms with Gasteiger partial charge in [-0.25, -0.2) is 9.66 Å². The predicted molar refractivity (Wildman–Crippen MR) is 79.4 cm³/mol. The van der Waals surface area contributed by atoms with Crippen molar-refractivity contribution in [3.8, 4) is 11.3 Å². The van der Waals surface area contributed by atoms with Crippen LogP contribution >= 0.6 is 0 Å². The molecule has 3 aromatic rings. The van der Waals surface area contributed by atoms with E-state index < -0.39 is 0 Å². The Labute approximate surface area is 117 Å². The molecule has 3 rings (SSSR count). The van der Waals surface area contributed by atoms with Crippen molar-refractivity contribution in [2.45, 2.75) is 6.54 Å². The quantitative estimate of drug-likeness (QED) is 0.759. The van der Waals surface area contributed by atoms with Crippen LogP contribution in [-0.4, -0.2) is 14.6 Å². The Morgan fingerprint density at radius 2 is 1.85 bits per heavy atom. The van der Waals surface area contributed by atoms with E-state index in [1.165, 1.54) is 0 Å². The molecule has 2 aromatic heterocycles. The maximum Gasteiger partial charge on any atom is 0.219 e. The number of nitrogen functional groups attached to an aromatic ring is 1. The van der Waals surface area contributed by atoms with E-state index >= 15 is 0 Å². The van der Waals surface area contributed by atoms with Gasteiger partial charge in [-0.2, -0.15) is 0 Å². The van der Waals surface area contributed by atoms with Crippen LogP contribution in [0.4, 0.5) is 5.95 Å². The molecule has 0 fully saturated rings. The number of nitrogens with two attached hydrogens (primary N) is 1. The van der Waals surface area contributed by atoms with Crippen molar-refractivity contribution < 1.29 is 0 Å². The summed E-state index contributed by atoms with van der Waals surface area (Å²) in [6, 6.07) is 15.7. The van der Waals surface area contributed by atoms with Crippen LogP contribution in [0.25, 0.3) is 11.3 Å². The Bertz CT molecular complexity index is 676. The highest BCUT2D eigenvalue weighted by atomic mass is 15.5. The van der Waals surface area contributed by atoms with E-state index in [0.29, 0.717) is 12.5 Å². The summed E-state index contributed by atoms with van der Waals surface area (Å²) in [6.07, 6.45) is 3.65. The van der Waals surface area contributed by atoms with Crippen molar-refractivity contribution in [2.75, 3.05) is 11.2 Å². The van der Waals surface area contributed by atoms with E-state index in [1.807, 2.05) is 54.7 Å². The van der Waals surface area contributed by atoms with Crippen molar-refractivity contribution in [1.29, 1.82) is 0 Å². The maximum absolute atomic E-state index is 5.91. The van der Waals surface area contributed by atoms with Gasteiger partial charge in [0, 0.05) is 11.8 Å². The molecule has 0 atom stereocenters. The van der Waals surface area contributed by atoms with Gasteiger partial charge in [-0.15, -0.1) is 0 Å². The second-order valence-corrected chi connectivity index (χ2v) is 4.38. The predicted octanol–water partition coefficient (Wildman–Crippen LogP) is 2.27. The van der Waals surface area contributed by atoms with Crippen LogP contribution in [-0.2, 0) is 6.54 Å². The Kier molecular flexibility index (Phi) is 3.33. The number of nitrogens with zero attached hydrogens (tertiary/aromatic N) is 3. The first-order chi connectivity index (χ1) is 9.83. The van der Waals surface area contributed by atoms with Gasteiger partial charge in [0.25, 0.3) is 0 Å². The number of aromatic nitrogens is 3. The van der Waals surface area contributed by atoms with Gasteiger partial charge < -0.3 is 11.2 Å². The van der Waals surface area contributed by atoms with Crippen molar-refractivity contribution in [2.24, 2.45) is 0 Å². The number of anilines is 1. The van der Waals surface area contributed by atoms with Crippen LogP contribution in [0.1, 0.15) is 5.69 Å². The summed E-state index contributed by atoms with van der Waals surface area (Å²) in [6.45, 7) is 0.593. The number of pyridine rings is 1. The van der Waals surface area contributed by atoms with Gasteiger partial charge in [-0.3, -0.25) is 4.98 Å². The van der Waals surface area contributed by atoms with E-state index in [4.69, 9.17) is 5.73 Å². The van der Waals surface area contributed by atoms with E-state index in [9.17, 15) is 0 Å². The third-order valence-corrected chi connectivity index (χ3v) is 2.96. The van der Waals surface area contributed by atoms with Gasteiger partial charge in [0.1, 0.15) is 0 Å². The molecule has 0 unspecified atom stereocenters. The van der Waals surface area contributed by atoms with E-state index in [-0.39, 0.29) is 0 Å². The minimum atomic E-state index is 0.430. The molecule has 0 saturated carbocycles. The van der Waals surface area contributed by atoms with Crippen molar-refractivity contribution >= 4 is 5.95 Å². The molecule has 0 bridgehead atoms. The van der Waals surface area contributed by atoms with Crippen LogP contribution in [0.2, 0.25) is 0 Å². The summed E-state index contributed by atoms with van der Waals surface area (Å²) in [5.74, 6) is 0.430. The number of imidazole rings is 1. The lowest BCUT2D eigenvalue weighted by molar-refractivity contribution is 0.833. The Balaban J connectivity index is 1.76. The van der Waals surface area contributed by atoms with Crippen LogP contribution < -0.4 is 11.2 Å². The molecular weight excluding hydrogens is 250 g/mol. The highest BCUT2D eigenvalue weighted by molar-refractivity contribution is 5.60.